The normalized spacial score (nSPS) is 14.2. The van der Waals surface area contributed by atoms with Gasteiger partial charge in [0, 0.05) is 18.1 Å². The molecule has 7 heteroatoms. The molecule has 1 heterocycles. The molecule has 0 bridgehead atoms. The number of rotatable bonds is 7. The number of amides is 1. The summed E-state index contributed by atoms with van der Waals surface area (Å²) in [7, 11) is 0. The second kappa shape index (κ2) is 10.7. The summed E-state index contributed by atoms with van der Waals surface area (Å²) in [6.45, 7) is 5.37. The number of benzene rings is 2. The summed E-state index contributed by atoms with van der Waals surface area (Å²) >= 11 is 6.15. The summed E-state index contributed by atoms with van der Waals surface area (Å²) in [6.07, 6.45) is 2.48. The van der Waals surface area contributed by atoms with Crippen LogP contribution in [0.3, 0.4) is 0 Å². The summed E-state index contributed by atoms with van der Waals surface area (Å²) in [5, 5.41) is 12.9. The maximum atomic E-state index is 12.8. The van der Waals surface area contributed by atoms with Gasteiger partial charge in [0.05, 0.1) is 31.2 Å². The molecule has 0 unspecified atom stereocenters. The van der Waals surface area contributed by atoms with E-state index in [4.69, 9.17) is 21.1 Å². The topological polar surface area (TPSA) is 74.6 Å². The fraction of sp³-hybridized carbons (Fsp3) is 0.304. The Hall–Kier alpha value is -3.01. The van der Waals surface area contributed by atoms with E-state index < -0.39 is 5.91 Å². The van der Waals surface area contributed by atoms with Crippen LogP contribution in [0, 0.1) is 11.3 Å². The van der Waals surface area contributed by atoms with E-state index in [2.05, 4.69) is 10.2 Å². The first-order valence-electron chi connectivity index (χ1n) is 9.89. The minimum Gasteiger partial charge on any atom is -0.494 e. The van der Waals surface area contributed by atoms with Crippen molar-refractivity contribution in [3.63, 3.8) is 0 Å². The summed E-state index contributed by atoms with van der Waals surface area (Å²) in [5.74, 6) is 0.270. The second-order valence-corrected chi connectivity index (χ2v) is 7.24. The molecule has 0 radical (unpaired) electrons. The molecule has 3 rings (SSSR count). The van der Waals surface area contributed by atoms with Gasteiger partial charge in [-0.1, -0.05) is 30.7 Å². The van der Waals surface area contributed by atoms with Crippen molar-refractivity contribution in [3.8, 4) is 11.8 Å². The molecule has 0 spiro atoms. The first kappa shape index (κ1) is 21.7. The van der Waals surface area contributed by atoms with Crippen molar-refractivity contribution >= 4 is 35.0 Å². The van der Waals surface area contributed by atoms with Crippen LogP contribution in [0.4, 0.5) is 11.4 Å². The maximum absolute atomic E-state index is 12.8. The highest BCUT2D eigenvalue weighted by Crippen LogP contribution is 2.30. The Labute approximate surface area is 181 Å². The average Bonchev–Trinajstić information content (AvgIpc) is 2.77. The fourth-order valence-corrected chi connectivity index (χ4v) is 3.25. The van der Waals surface area contributed by atoms with E-state index in [1.54, 1.807) is 18.2 Å². The lowest BCUT2D eigenvalue weighted by atomic mass is 10.1. The zero-order valence-corrected chi connectivity index (χ0v) is 17.6. The molecule has 1 saturated heterocycles. The molecule has 2 aromatic carbocycles. The van der Waals surface area contributed by atoms with E-state index in [0.717, 1.165) is 36.5 Å². The van der Waals surface area contributed by atoms with Gasteiger partial charge in [0.15, 0.2) is 0 Å². The van der Waals surface area contributed by atoms with E-state index in [1.807, 2.05) is 43.3 Å². The number of carbonyl (C=O) groups is 1. The number of nitriles is 1. The van der Waals surface area contributed by atoms with Crippen LogP contribution < -0.4 is 15.0 Å². The van der Waals surface area contributed by atoms with Crippen LogP contribution in [0.5, 0.6) is 5.75 Å². The molecular formula is C23H24ClN3O3. The standard InChI is InChI=1S/C23H24ClN3O3/c1-2-11-30-20-6-3-17(4-7-20)14-18(16-25)23(28)26-21-15-19(24)5-8-22(21)27-9-12-29-13-10-27/h3-8,14-15H,2,9-13H2,1H3,(H,26,28)/b18-14+. The van der Waals surface area contributed by atoms with Crippen molar-refractivity contribution in [3.05, 3.63) is 58.6 Å². The van der Waals surface area contributed by atoms with Crippen LogP contribution >= 0.6 is 11.6 Å². The van der Waals surface area contributed by atoms with Crippen molar-refractivity contribution in [2.75, 3.05) is 43.1 Å². The molecule has 1 fully saturated rings. The number of nitrogens with zero attached hydrogens (tertiary/aromatic N) is 2. The van der Waals surface area contributed by atoms with Crippen LogP contribution in [0.15, 0.2) is 48.0 Å². The monoisotopic (exact) mass is 425 g/mol. The third-order valence-corrected chi connectivity index (χ3v) is 4.82. The molecule has 2 aromatic rings. The second-order valence-electron chi connectivity index (χ2n) is 6.80. The molecule has 30 heavy (non-hydrogen) atoms. The van der Waals surface area contributed by atoms with Gasteiger partial charge in [0.25, 0.3) is 5.91 Å². The molecule has 1 amide bonds. The van der Waals surface area contributed by atoms with Gasteiger partial charge in [-0.15, -0.1) is 0 Å². The minimum atomic E-state index is -0.486. The molecule has 156 valence electrons. The van der Waals surface area contributed by atoms with E-state index in [0.29, 0.717) is 30.5 Å². The lowest BCUT2D eigenvalue weighted by Crippen LogP contribution is -2.36. The number of morpholine rings is 1. The molecule has 1 aliphatic heterocycles. The molecule has 0 aliphatic carbocycles. The molecule has 1 N–H and O–H groups in total. The highest BCUT2D eigenvalue weighted by atomic mass is 35.5. The van der Waals surface area contributed by atoms with Crippen LogP contribution in [-0.4, -0.2) is 38.8 Å². The van der Waals surface area contributed by atoms with Gasteiger partial charge in [-0.2, -0.15) is 5.26 Å². The quantitative estimate of drug-likeness (QED) is 0.521. The Balaban J connectivity index is 1.77. The zero-order chi connectivity index (χ0) is 21.3. The van der Waals surface area contributed by atoms with Crippen LogP contribution in [0.25, 0.3) is 6.08 Å². The van der Waals surface area contributed by atoms with Crippen molar-refractivity contribution in [1.82, 2.24) is 0 Å². The Morgan fingerprint density at radius 3 is 2.67 bits per heavy atom. The molecule has 1 aliphatic rings. The fourth-order valence-electron chi connectivity index (χ4n) is 3.07. The van der Waals surface area contributed by atoms with Crippen molar-refractivity contribution in [1.29, 1.82) is 5.26 Å². The maximum Gasteiger partial charge on any atom is 0.266 e. The molecule has 0 saturated carbocycles. The third-order valence-electron chi connectivity index (χ3n) is 4.59. The highest BCUT2D eigenvalue weighted by Gasteiger charge is 2.18. The molecule has 6 nitrogen and oxygen atoms in total. The number of halogens is 1. The Bertz CT molecular complexity index is 945. The third kappa shape index (κ3) is 5.76. The van der Waals surface area contributed by atoms with E-state index >= 15 is 0 Å². The van der Waals surface area contributed by atoms with E-state index in [9.17, 15) is 10.1 Å². The van der Waals surface area contributed by atoms with Crippen molar-refractivity contribution in [2.45, 2.75) is 13.3 Å². The van der Waals surface area contributed by atoms with E-state index in [1.165, 1.54) is 0 Å². The molecule has 0 atom stereocenters. The predicted molar refractivity (Wildman–Crippen MR) is 119 cm³/mol. The van der Waals surface area contributed by atoms with E-state index in [-0.39, 0.29) is 5.57 Å². The summed E-state index contributed by atoms with van der Waals surface area (Å²) < 4.78 is 11.0. The number of carbonyl (C=O) groups excluding carboxylic acids is 1. The van der Waals surface area contributed by atoms with Crippen LogP contribution in [-0.2, 0) is 9.53 Å². The number of hydrogen-bond acceptors (Lipinski definition) is 5. The zero-order valence-electron chi connectivity index (χ0n) is 16.9. The summed E-state index contributed by atoms with van der Waals surface area (Å²) in [4.78, 5) is 14.9. The van der Waals surface area contributed by atoms with Gasteiger partial charge in [0.2, 0.25) is 0 Å². The number of ether oxygens (including phenoxy) is 2. The molecule has 0 aromatic heterocycles. The Kier molecular flexibility index (Phi) is 7.72. The Morgan fingerprint density at radius 2 is 2.00 bits per heavy atom. The van der Waals surface area contributed by atoms with Gasteiger partial charge in [0.1, 0.15) is 17.4 Å². The van der Waals surface area contributed by atoms with Gasteiger partial charge in [-0.25, -0.2) is 0 Å². The van der Waals surface area contributed by atoms with Crippen LogP contribution in [0.1, 0.15) is 18.9 Å². The molecular weight excluding hydrogens is 402 g/mol. The van der Waals surface area contributed by atoms with Gasteiger partial charge >= 0.3 is 0 Å². The predicted octanol–water partition coefficient (Wildman–Crippen LogP) is 4.51. The SMILES string of the molecule is CCCOc1ccc(/C=C(\C#N)C(=O)Nc2cc(Cl)ccc2N2CCOCC2)cc1. The largest absolute Gasteiger partial charge is 0.494 e. The first-order valence-corrected chi connectivity index (χ1v) is 10.3. The number of nitrogens with one attached hydrogen (secondary N) is 1. The number of hydrogen-bond donors (Lipinski definition) is 1. The summed E-state index contributed by atoms with van der Waals surface area (Å²) in [6, 6.07) is 14.6. The van der Waals surface area contributed by atoms with Gasteiger partial charge < -0.3 is 19.7 Å². The first-order chi connectivity index (χ1) is 14.6. The van der Waals surface area contributed by atoms with Gasteiger partial charge in [-0.05, 0) is 48.4 Å². The smallest absolute Gasteiger partial charge is 0.266 e. The minimum absolute atomic E-state index is 0.00475. The van der Waals surface area contributed by atoms with Crippen LogP contribution in [0.2, 0.25) is 5.02 Å². The lowest BCUT2D eigenvalue weighted by molar-refractivity contribution is -0.112. The summed E-state index contributed by atoms with van der Waals surface area (Å²) in [5.41, 5.74) is 2.17. The van der Waals surface area contributed by atoms with Crippen molar-refractivity contribution < 1.29 is 14.3 Å². The lowest BCUT2D eigenvalue weighted by Gasteiger charge is -2.30. The highest BCUT2D eigenvalue weighted by molar-refractivity contribution is 6.31. The van der Waals surface area contributed by atoms with Crippen molar-refractivity contribution in [2.24, 2.45) is 0 Å². The average molecular weight is 426 g/mol. The Morgan fingerprint density at radius 1 is 1.27 bits per heavy atom. The number of anilines is 2. The van der Waals surface area contributed by atoms with Gasteiger partial charge in [-0.3, -0.25) is 4.79 Å².